The highest BCUT2D eigenvalue weighted by Crippen LogP contribution is 2.14. The molecule has 1 aliphatic heterocycles. The Hall–Kier alpha value is -1.96. The highest BCUT2D eigenvalue weighted by Gasteiger charge is 2.35. The van der Waals surface area contributed by atoms with Gasteiger partial charge in [0.15, 0.2) is 0 Å². The lowest BCUT2D eigenvalue weighted by atomic mass is 10.0. The van der Waals surface area contributed by atoms with Crippen molar-refractivity contribution < 1.29 is 19.4 Å². The van der Waals surface area contributed by atoms with Gasteiger partial charge in [-0.05, 0) is 0 Å². The van der Waals surface area contributed by atoms with E-state index < -0.39 is 23.8 Å². The zero-order valence-corrected chi connectivity index (χ0v) is 10.7. The largest absolute Gasteiger partial charge is 0.481 e. The number of carbonyl (C=O) groups excluding carboxylic acids is 1. The summed E-state index contributed by atoms with van der Waals surface area (Å²) in [7, 11) is 0. The molecule has 2 atom stereocenters. The smallest absolute Gasteiger partial charge is 0.311 e. The van der Waals surface area contributed by atoms with Crippen LogP contribution in [0.4, 0.5) is 0 Å². The van der Waals surface area contributed by atoms with Crippen molar-refractivity contribution in [1.29, 1.82) is 0 Å². The van der Waals surface area contributed by atoms with E-state index in [1.54, 1.807) is 0 Å². The summed E-state index contributed by atoms with van der Waals surface area (Å²) >= 11 is 0. The van der Waals surface area contributed by atoms with Gasteiger partial charge in [-0.25, -0.2) is 4.98 Å². The zero-order chi connectivity index (χ0) is 14.0. The number of nitrogens with zero attached hydrogens (tertiary/aromatic N) is 2. The Balaban J connectivity index is 2.02. The molecule has 1 saturated heterocycles. The van der Waals surface area contributed by atoms with Crippen molar-refractivity contribution in [2.45, 2.75) is 25.8 Å². The molecule has 1 fully saturated rings. The second-order valence-electron chi connectivity index (χ2n) is 4.76. The Bertz CT molecular complexity index is 485. The van der Waals surface area contributed by atoms with Gasteiger partial charge in [0.1, 0.15) is 11.7 Å². The summed E-state index contributed by atoms with van der Waals surface area (Å²) in [6, 6.07) is -0.550. The van der Waals surface area contributed by atoms with Crippen LogP contribution in [-0.2, 0) is 9.53 Å². The van der Waals surface area contributed by atoms with E-state index in [4.69, 9.17) is 9.84 Å². The van der Waals surface area contributed by atoms with Gasteiger partial charge in [-0.1, -0.05) is 13.8 Å². The number of carboxylic acid groups (broad SMARTS) is 1. The second kappa shape index (κ2) is 5.35. The number of aromatic amines is 1. The number of carbonyl (C=O) groups is 2. The first kappa shape index (κ1) is 13.5. The molecule has 0 radical (unpaired) electrons. The number of rotatable bonds is 4. The summed E-state index contributed by atoms with van der Waals surface area (Å²) in [5.74, 6) is -1.45. The fourth-order valence-electron chi connectivity index (χ4n) is 1.81. The van der Waals surface area contributed by atoms with E-state index in [9.17, 15) is 9.59 Å². The Labute approximate surface area is 109 Å². The van der Waals surface area contributed by atoms with Crippen LogP contribution in [0.2, 0.25) is 0 Å². The Morgan fingerprint density at radius 2 is 2.21 bits per heavy atom. The van der Waals surface area contributed by atoms with Gasteiger partial charge in [0.2, 0.25) is 5.82 Å². The quantitative estimate of drug-likeness (QED) is 0.693. The van der Waals surface area contributed by atoms with Crippen LogP contribution in [-0.4, -0.2) is 51.4 Å². The number of aromatic nitrogens is 3. The van der Waals surface area contributed by atoms with E-state index in [1.165, 1.54) is 0 Å². The van der Waals surface area contributed by atoms with Crippen LogP contribution in [0.1, 0.15) is 36.2 Å². The average Bonchev–Trinajstić information content (AvgIpc) is 2.96. The average molecular weight is 268 g/mol. The molecule has 1 aromatic rings. The Morgan fingerprint density at radius 1 is 1.47 bits per heavy atom. The molecule has 2 heterocycles. The van der Waals surface area contributed by atoms with Gasteiger partial charge in [-0.2, -0.15) is 0 Å². The third-order valence-corrected chi connectivity index (χ3v) is 2.97. The number of amides is 1. The molecule has 0 spiro atoms. The molecule has 19 heavy (non-hydrogen) atoms. The van der Waals surface area contributed by atoms with Gasteiger partial charge in [0.25, 0.3) is 5.91 Å². The van der Waals surface area contributed by atoms with Crippen molar-refractivity contribution in [3.63, 3.8) is 0 Å². The Morgan fingerprint density at radius 3 is 2.79 bits per heavy atom. The van der Waals surface area contributed by atoms with Crippen LogP contribution in [0.25, 0.3) is 0 Å². The first-order chi connectivity index (χ1) is 8.99. The van der Waals surface area contributed by atoms with Gasteiger partial charge in [-0.15, -0.1) is 5.10 Å². The molecule has 104 valence electrons. The SMILES string of the molecule is CC(C)c1nc(C(=O)NC2COCC2C(=O)O)n[nH]1. The topological polar surface area (TPSA) is 117 Å². The van der Waals surface area contributed by atoms with Crippen molar-refractivity contribution in [1.82, 2.24) is 20.5 Å². The second-order valence-corrected chi connectivity index (χ2v) is 4.76. The summed E-state index contributed by atoms with van der Waals surface area (Å²) in [5, 5.41) is 18.1. The van der Waals surface area contributed by atoms with Crippen LogP contribution >= 0.6 is 0 Å². The summed E-state index contributed by atoms with van der Waals surface area (Å²) in [4.78, 5) is 26.9. The molecular formula is C11H16N4O4. The van der Waals surface area contributed by atoms with E-state index in [0.717, 1.165) is 0 Å². The third-order valence-electron chi connectivity index (χ3n) is 2.97. The van der Waals surface area contributed by atoms with Gasteiger partial charge >= 0.3 is 5.97 Å². The van der Waals surface area contributed by atoms with E-state index in [1.807, 2.05) is 13.8 Å². The first-order valence-electron chi connectivity index (χ1n) is 6.02. The van der Waals surface area contributed by atoms with Crippen molar-refractivity contribution >= 4 is 11.9 Å². The first-order valence-corrected chi connectivity index (χ1v) is 6.02. The van der Waals surface area contributed by atoms with E-state index in [0.29, 0.717) is 5.82 Å². The lowest BCUT2D eigenvalue weighted by molar-refractivity contribution is -0.142. The standard InChI is InChI=1S/C11H16N4O4/c1-5(2)8-13-9(15-14-8)10(16)12-7-4-19-3-6(7)11(17)18/h5-7H,3-4H2,1-2H3,(H,12,16)(H,17,18)(H,13,14,15). The minimum absolute atomic E-state index is 0.0136. The number of carboxylic acids is 1. The van der Waals surface area contributed by atoms with Gasteiger partial charge in [-0.3, -0.25) is 14.7 Å². The molecule has 8 heteroatoms. The molecule has 3 N–H and O–H groups in total. The summed E-state index contributed by atoms with van der Waals surface area (Å²) < 4.78 is 5.07. The summed E-state index contributed by atoms with van der Waals surface area (Å²) in [6.07, 6.45) is 0. The fraction of sp³-hybridized carbons (Fsp3) is 0.636. The van der Waals surface area contributed by atoms with E-state index in [-0.39, 0.29) is 25.0 Å². The minimum atomic E-state index is -0.986. The van der Waals surface area contributed by atoms with Gasteiger partial charge in [0.05, 0.1) is 19.3 Å². The van der Waals surface area contributed by atoms with Crippen LogP contribution in [0, 0.1) is 5.92 Å². The molecule has 0 aliphatic carbocycles. The van der Waals surface area contributed by atoms with E-state index in [2.05, 4.69) is 20.5 Å². The van der Waals surface area contributed by atoms with Crippen LogP contribution in [0.5, 0.6) is 0 Å². The Kier molecular flexibility index (Phi) is 3.79. The molecule has 1 aromatic heterocycles. The number of hydrogen-bond donors (Lipinski definition) is 3. The van der Waals surface area contributed by atoms with Crippen LogP contribution in [0.3, 0.4) is 0 Å². The molecule has 1 amide bonds. The molecule has 0 saturated carbocycles. The molecule has 2 unspecified atom stereocenters. The summed E-state index contributed by atoms with van der Waals surface area (Å²) in [6.45, 7) is 4.14. The normalized spacial score (nSPS) is 22.7. The van der Waals surface area contributed by atoms with Crippen LogP contribution in [0.15, 0.2) is 0 Å². The van der Waals surface area contributed by atoms with Crippen molar-refractivity contribution in [2.75, 3.05) is 13.2 Å². The number of hydrogen-bond acceptors (Lipinski definition) is 5. The number of nitrogens with one attached hydrogen (secondary N) is 2. The highest BCUT2D eigenvalue weighted by molar-refractivity contribution is 5.91. The maximum atomic E-state index is 11.9. The number of aliphatic carboxylic acids is 1. The molecule has 2 rings (SSSR count). The lowest BCUT2D eigenvalue weighted by Gasteiger charge is -2.14. The lowest BCUT2D eigenvalue weighted by Crippen LogP contribution is -2.43. The fourth-order valence-corrected chi connectivity index (χ4v) is 1.81. The van der Waals surface area contributed by atoms with Gasteiger partial charge in [0, 0.05) is 5.92 Å². The molecular weight excluding hydrogens is 252 g/mol. The zero-order valence-electron chi connectivity index (χ0n) is 10.7. The van der Waals surface area contributed by atoms with Crippen molar-refractivity contribution in [2.24, 2.45) is 5.92 Å². The maximum absolute atomic E-state index is 11.9. The highest BCUT2D eigenvalue weighted by atomic mass is 16.5. The number of ether oxygens (including phenoxy) is 1. The van der Waals surface area contributed by atoms with Gasteiger partial charge < -0.3 is 15.2 Å². The van der Waals surface area contributed by atoms with Crippen molar-refractivity contribution in [3.05, 3.63) is 11.6 Å². The summed E-state index contributed by atoms with van der Waals surface area (Å²) in [5.41, 5.74) is 0. The number of H-pyrrole nitrogens is 1. The van der Waals surface area contributed by atoms with Crippen molar-refractivity contribution in [3.8, 4) is 0 Å². The monoisotopic (exact) mass is 268 g/mol. The molecule has 1 aliphatic rings. The predicted molar refractivity (Wildman–Crippen MR) is 63.7 cm³/mol. The molecule has 0 aromatic carbocycles. The predicted octanol–water partition coefficient (Wildman–Crippen LogP) is -0.242. The van der Waals surface area contributed by atoms with Crippen LogP contribution < -0.4 is 5.32 Å². The van der Waals surface area contributed by atoms with E-state index >= 15 is 0 Å². The minimum Gasteiger partial charge on any atom is -0.481 e. The third kappa shape index (κ3) is 2.90. The maximum Gasteiger partial charge on any atom is 0.311 e. The molecule has 8 nitrogen and oxygen atoms in total. The molecule has 0 bridgehead atoms.